The summed E-state index contributed by atoms with van der Waals surface area (Å²) in [5.74, 6) is -0.944. The summed E-state index contributed by atoms with van der Waals surface area (Å²) in [4.78, 5) is 36.9. The maximum absolute atomic E-state index is 12.2. The summed E-state index contributed by atoms with van der Waals surface area (Å²) in [6.07, 6.45) is 1.29. The van der Waals surface area contributed by atoms with Crippen molar-refractivity contribution in [2.45, 2.75) is 12.8 Å². The molecule has 1 aliphatic heterocycles. The molecule has 116 valence electrons. The third-order valence-corrected chi connectivity index (χ3v) is 3.94. The monoisotopic (exact) mass is 308 g/mol. The summed E-state index contributed by atoms with van der Waals surface area (Å²) in [5.41, 5.74) is 7.61. The van der Waals surface area contributed by atoms with Gasteiger partial charge < -0.3 is 5.73 Å². The number of fused-ring (bicyclic) bond motifs is 1. The lowest BCUT2D eigenvalue weighted by molar-refractivity contribution is 0.0652. The van der Waals surface area contributed by atoms with Gasteiger partial charge in [-0.1, -0.05) is 24.3 Å². The number of hydrogen-bond donors (Lipinski definition) is 1. The van der Waals surface area contributed by atoms with Crippen molar-refractivity contribution in [3.8, 4) is 0 Å². The van der Waals surface area contributed by atoms with E-state index in [0.717, 1.165) is 5.56 Å². The molecule has 0 unspecified atom stereocenters. The Kier molecular flexibility index (Phi) is 3.93. The zero-order valence-electron chi connectivity index (χ0n) is 12.5. The lowest BCUT2D eigenvalue weighted by Crippen LogP contribution is -2.30. The van der Waals surface area contributed by atoms with Gasteiger partial charge in [-0.3, -0.25) is 19.3 Å². The summed E-state index contributed by atoms with van der Waals surface area (Å²) in [6, 6.07) is 13.9. The Labute approximate surface area is 133 Å². The van der Waals surface area contributed by atoms with E-state index in [2.05, 4.69) is 0 Å². The maximum Gasteiger partial charge on any atom is 0.261 e. The summed E-state index contributed by atoms with van der Waals surface area (Å²) in [5, 5.41) is 0. The SMILES string of the molecule is NC(=O)c1cccc(CCCN2C(=O)c3ccccc3C2=O)c1. The molecule has 2 aromatic carbocycles. The zero-order valence-corrected chi connectivity index (χ0v) is 12.5. The van der Waals surface area contributed by atoms with Gasteiger partial charge in [0.25, 0.3) is 11.8 Å². The van der Waals surface area contributed by atoms with Crippen LogP contribution in [-0.2, 0) is 6.42 Å². The number of aryl methyl sites for hydroxylation is 1. The maximum atomic E-state index is 12.2. The first kappa shape index (κ1) is 15.0. The molecule has 0 aromatic heterocycles. The second kappa shape index (κ2) is 6.04. The number of benzene rings is 2. The number of hydrogen-bond acceptors (Lipinski definition) is 3. The molecule has 0 bridgehead atoms. The van der Waals surface area contributed by atoms with Crippen molar-refractivity contribution < 1.29 is 14.4 Å². The van der Waals surface area contributed by atoms with E-state index in [1.165, 1.54) is 4.90 Å². The number of primary amides is 1. The first-order valence-electron chi connectivity index (χ1n) is 7.42. The molecule has 0 saturated heterocycles. The molecule has 1 heterocycles. The molecule has 2 N–H and O–H groups in total. The average Bonchev–Trinajstić information content (AvgIpc) is 2.80. The molecule has 0 radical (unpaired) electrons. The van der Waals surface area contributed by atoms with Crippen molar-refractivity contribution in [2.75, 3.05) is 6.54 Å². The number of nitrogens with two attached hydrogens (primary N) is 1. The van der Waals surface area contributed by atoms with Crippen molar-refractivity contribution in [1.29, 1.82) is 0 Å². The van der Waals surface area contributed by atoms with E-state index in [-0.39, 0.29) is 11.8 Å². The van der Waals surface area contributed by atoms with E-state index in [9.17, 15) is 14.4 Å². The number of rotatable bonds is 5. The van der Waals surface area contributed by atoms with Gasteiger partial charge in [0.05, 0.1) is 11.1 Å². The van der Waals surface area contributed by atoms with Crippen LogP contribution in [0, 0.1) is 0 Å². The van der Waals surface area contributed by atoms with Crippen molar-refractivity contribution >= 4 is 17.7 Å². The van der Waals surface area contributed by atoms with Crippen molar-refractivity contribution in [3.63, 3.8) is 0 Å². The lowest BCUT2D eigenvalue weighted by Gasteiger charge is -2.13. The largest absolute Gasteiger partial charge is 0.366 e. The Morgan fingerprint density at radius 2 is 1.61 bits per heavy atom. The molecule has 1 aliphatic rings. The van der Waals surface area contributed by atoms with Crippen LogP contribution in [-0.4, -0.2) is 29.2 Å². The first-order chi connectivity index (χ1) is 11.1. The van der Waals surface area contributed by atoms with Gasteiger partial charge in [-0.05, 0) is 42.7 Å². The van der Waals surface area contributed by atoms with Crippen LogP contribution < -0.4 is 5.73 Å². The molecule has 2 aromatic rings. The van der Waals surface area contributed by atoms with Gasteiger partial charge in [0, 0.05) is 12.1 Å². The minimum absolute atomic E-state index is 0.239. The molecule has 23 heavy (non-hydrogen) atoms. The summed E-state index contributed by atoms with van der Waals surface area (Å²) in [6.45, 7) is 0.354. The Bertz CT molecular complexity index is 763. The van der Waals surface area contributed by atoms with E-state index in [1.54, 1.807) is 42.5 Å². The van der Waals surface area contributed by atoms with E-state index in [4.69, 9.17) is 5.73 Å². The van der Waals surface area contributed by atoms with Gasteiger partial charge in [0.2, 0.25) is 5.91 Å². The van der Waals surface area contributed by atoms with E-state index in [1.807, 2.05) is 6.07 Å². The third-order valence-electron chi connectivity index (χ3n) is 3.94. The van der Waals surface area contributed by atoms with Crippen LogP contribution in [0.4, 0.5) is 0 Å². The van der Waals surface area contributed by atoms with Crippen LogP contribution in [0.1, 0.15) is 43.1 Å². The highest BCUT2D eigenvalue weighted by Gasteiger charge is 2.34. The van der Waals surface area contributed by atoms with Crippen molar-refractivity contribution in [1.82, 2.24) is 4.90 Å². The standard InChI is InChI=1S/C18H16N2O3/c19-16(21)13-7-3-5-12(11-13)6-4-10-20-17(22)14-8-1-2-9-15(14)18(20)23/h1-3,5,7-9,11H,4,6,10H2,(H2,19,21). The van der Waals surface area contributed by atoms with Crippen LogP contribution in [0.3, 0.4) is 0 Å². The summed E-state index contributed by atoms with van der Waals surface area (Å²) >= 11 is 0. The Balaban J connectivity index is 1.64. The topological polar surface area (TPSA) is 80.5 Å². The predicted molar refractivity (Wildman–Crippen MR) is 85.1 cm³/mol. The molecule has 0 aliphatic carbocycles. The van der Waals surface area contributed by atoms with Crippen molar-refractivity contribution in [2.24, 2.45) is 5.73 Å². The zero-order chi connectivity index (χ0) is 16.4. The molecule has 0 fully saturated rings. The van der Waals surface area contributed by atoms with Gasteiger partial charge >= 0.3 is 0 Å². The molecule has 5 heteroatoms. The van der Waals surface area contributed by atoms with Crippen LogP contribution in [0.25, 0.3) is 0 Å². The highest BCUT2D eigenvalue weighted by Crippen LogP contribution is 2.22. The van der Waals surface area contributed by atoms with Crippen LogP contribution in [0.15, 0.2) is 48.5 Å². The number of carbonyl (C=O) groups excluding carboxylic acids is 3. The molecule has 5 nitrogen and oxygen atoms in total. The minimum Gasteiger partial charge on any atom is -0.366 e. The third kappa shape index (κ3) is 2.85. The van der Waals surface area contributed by atoms with Crippen LogP contribution in [0.5, 0.6) is 0 Å². The first-order valence-corrected chi connectivity index (χ1v) is 7.42. The molecule has 3 rings (SSSR count). The van der Waals surface area contributed by atoms with Gasteiger partial charge in [-0.15, -0.1) is 0 Å². The van der Waals surface area contributed by atoms with Gasteiger partial charge in [0.15, 0.2) is 0 Å². The van der Waals surface area contributed by atoms with Crippen LogP contribution in [0.2, 0.25) is 0 Å². The fraction of sp³-hybridized carbons (Fsp3) is 0.167. The number of carbonyl (C=O) groups is 3. The molecule has 0 spiro atoms. The highest BCUT2D eigenvalue weighted by atomic mass is 16.2. The highest BCUT2D eigenvalue weighted by molar-refractivity contribution is 6.21. The van der Waals surface area contributed by atoms with Crippen molar-refractivity contribution in [3.05, 3.63) is 70.8 Å². The fourth-order valence-electron chi connectivity index (χ4n) is 2.76. The second-order valence-corrected chi connectivity index (χ2v) is 5.48. The molecular weight excluding hydrogens is 292 g/mol. The Hall–Kier alpha value is -2.95. The van der Waals surface area contributed by atoms with E-state index in [0.29, 0.717) is 36.1 Å². The molecule has 0 atom stereocenters. The Morgan fingerprint density at radius 3 is 2.22 bits per heavy atom. The number of imide groups is 1. The van der Waals surface area contributed by atoms with Crippen LogP contribution >= 0.6 is 0 Å². The molecule has 0 saturated carbocycles. The Morgan fingerprint density at radius 1 is 0.957 bits per heavy atom. The lowest BCUT2D eigenvalue weighted by atomic mass is 10.1. The number of amides is 3. The summed E-state index contributed by atoms with van der Waals surface area (Å²) < 4.78 is 0. The van der Waals surface area contributed by atoms with Gasteiger partial charge in [0.1, 0.15) is 0 Å². The quantitative estimate of drug-likeness (QED) is 0.858. The second-order valence-electron chi connectivity index (χ2n) is 5.48. The molecule has 3 amide bonds. The molecular formula is C18H16N2O3. The van der Waals surface area contributed by atoms with E-state index >= 15 is 0 Å². The van der Waals surface area contributed by atoms with E-state index < -0.39 is 5.91 Å². The minimum atomic E-state index is -0.466. The smallest absolute Gasteiger partial charge is 0.261 e. The van der Waals surface area contributed by atoms with Gasteiger partial charge in [-0.25, -0.2) is 0 Å². The normalized spacial score (nSPS) is 13.3. The predicted octanol–water partition coefficient (Wildman–Crippen LogP) is 2.01. The number of nitrogens with zero attached hydrogens (tertiary/aromatic N) is 1. The average molecular weight is 308 g/mol. The summed E-state index contributed by atoms with van der Waals surface area (Å²) in [7, 11) is 0. The van der Waals surface area contributed by atoms with Gasteiger partial charge in [-0.2, -0.15) is 0 Å². The fourth-order valence-corrected chi connectivity index (χ4v) is 2.76.